The molecule has 1 N–H and O–H groups in total. The van der Waals surface area contributed by atoms with E-state index in [1.54, 1.807) is 4.72 Å². The van der Waals surface area contributed by atoms with Crippen molar-refractivity contribution in [1.29, 1.82) is 0 Å². The average Bonchev–Trinajstić information content (AvgIpc) is 3.22. The largest absolute Gasteiger partial charge is 0.368 e. The van der Waals surface area contributed by atoms with Crippen molar-refractivity contribution in [2.45, 2.75) is 30.8 Å². The first-order valence-corrected chi connectivity index (χ1v) is 7.91. The van der Waals surface area contributed by atoms with Crippen molar-refractivity contribution in [2.75, 3.05) is 6.61 Å². The van der Waals surface area contributed by atoms with Crippen LogP contribution in [0.3, 0.4) is 0 Å². The van der Waals surface area contributed by atoms with Gasteiger partial charge in [-0.15, -0.1) is 0 Å². The molecule has 5 nitrogen and oxygen atoms in total. The molecule has 1 aliphatic rings. The molecule has 0 heterocycles. The number of amides is 1. The molecule has 0 radical (unpaired) electrons. The normalized spacial score (nSPS) is 16.5. The van der Waals surface area contributed by atoms with E-state index >= 15 is 0 Å². The smallest absolute Gasteiger partial charge is 0.267 e. The Labute approximate surface area is 121 Å². The van der Waals surface area contributed by atoms with Crippen molar-refractivity contribution in [1.82, 2.24) is 4.72 Å². The third kappa shape index (κ3) is 4.21. The fourth-order valence-corrected chi connectivity index (χ4v) is 2.73. The molecular weight excluding hydrogens is 304 g/mol. The number of sulfonamides is 1. The van der Waals surface area contributed by atoms with Gasteiger partial charge in [-0.1, -0.05) is 0 Å². The molecule has 0 spiro atoms. The van der Waals surface area contributed by atoms with Crippen LogP contribution in [0.1, 0.15) is 19.8 Å². The number of hydrogen-bond donors (Lipinski definition) is 1. The van der Waals surface area contributed by atoms with Crippen LogP contribution in [-0.4, -0.2) is 27.0 Å². The quantitative estimate of drug-likeness (QED) is 0.864. The van der Waals surface area contributed by atoms with E-state index in [-0.39, 0.29) is 0 Å². The maximum Gasteiger partial charge on any atom is 0.267 e. The molecule has 1 saturated carbocycles. The van der Waals surface area contributed by atoms with Gasteiger partial charge in [0.15, 0.2) is 0 Å². The van der Waals surface area contributed by atoms with Crippen LogP contribution in [0.25, 0.3) is 0 Å². The molecule has 116 valence electrons. The number of benzene rings is 1. The Hall–Kier alpha value is -1.54. The van der Waals surface area contributed by atoms with Crippen molar-refractivity contribution in [3.8, 4) is 0 Å². The van der Waals surface area contributed by atoms with Gasteiger partial charge in [0.1, 0.15) is 22.6 Å². The highest BCUT2D eigenvalue weighted by molar-refractivity contribution is 7.90. The summed E-state index contributed by atoms with van der Waals surface area (Å²) in [6, 6.07) is 1.99. The van der Waals surface area contributed by atoms with Gasteiger partial charge in [0.05, 0.1) is 6.61 Å². The van der Waals surface area contributed by atoms with E-state index < -0.39 is 38.6 Å². The molecule has 0 saturated heterocycles. The van der Waals surface area contributed by atoms with Gasteiger partial charge < -0.3 is 4.74 Å². The highest BCUT2D eigenvalue weighted by Gasteiger charge is 2.27. The summed E-state index contributed by atoms with van der Waals surface area (Å²) < 4.78 is 57.1. The second-order valence-electron chi connectivity index (χ2n) is 4.96. The van der Waals surface area contributed by atoms with E-state index in [2.05, 4.69) is 0 Å². The second-order valence-corrected chi connectivity index (χ2v) is 6.61. The van der Waals surface area contributed by atoms with Crippen LogP contribution in [0.2, 0.25) is 0 Å². The zero-order valence-corrected chi connectivity index (χ0v) is 12.1. The van der Waals surface area contributed by atoms with Crippen molar-refractivity contribution < 1.29 is 26.7 Å². The minimum atomic E-state index is -4.48. The van der Waals surface area contributed by atoms with Crippen molar-refractivity contribution >= 4 is 15.9 Å². The summed E-state index contributed by atoms with van der Waals surface area (Å²) in [5, 5.41) is 0. The van der Waals surface area contributed by atoms with E-state index in [0.717, 1.165) is 18.9 Å². The molecule has 0 unspecified atom stereocenters. The molecule has 1 fully saturated rings. The van der Waals surface area contributed by atoms with Gasteiger partial charge >= 0.3 is 0 Å². The van der Waals surface area contributed by atoms with Crippen LogP contribution in [-0.2, 0) is 19.6 Å². The Kier molecular flexibility index (Phi) is 4.58. The minimum Gasteiger partial charge on any atom is -0.368 e. The first-order chi connectivity index (χ1) is 9.79. The standard InChI is InChI=1S/C13H15F2NO4S/c1-8(20-7-9-2-3-9)13(17)16-21(18,19)12-6-10(14)4-5-11(12)15/h4-6,8-9H,2-3,7H2,1H3,(H,16,17)/t8-/m0/s1. The van der Waals surface area contributed by atoms with Gasteiger partial charge in [-0.2, -0.15) is 0 Å². The second kappa shape index (κ2) is 6.07. The number of nitrogens with one attached hydrogen (secondary N) is 1. The average molecular weight is 319 g/mol. The zero-order valence-electron chi connectivity index (χ0n) is 11.3. The molecule has 21 heavy (non-hydrogen) atoms. The molecule has 1 amide bonds. The number of halogens is 2. The molecule has 0 aliphatic heterocycles. The van der Waals surface area contributed by atoms with Crippen LogP contribution < -0.4 is 4.72 Å². The molecular formula is C13H15F2NO4S. The first kappa shape index (κ1) is 15.8. The lowest BCUT2D eigenvalue weighted by Gasteiger charge is -2.13. The van der Waals surface area contributed by atoms with E-state index in [1.807, 2.05) is 0 Å². The summed E-state index contributed by atoms with van der Waals surface area (Å²) in [6.45, 7) is 1.78. The Bertz CT molecular complexity index is 644. The number of hydrogen-bond acceptors (Lipinski definition) is 4. The molecule has 1 aromatic rings. The lowest BCUT2D eigenvalue weighted by atomic mass is 10.3. The van der Waals surface area contributed by atoms with Crippen LogP contribution in [0.15, 0.2) is 23.1 Å². The summed E-state index contributed by atoms with van der Waals surface area (Å²) in [4.78, 5) is 10.8. The third-order valence-electron chi connectivity index (χ3n) is 3.07. The molecule has 2 rings (SSSR count). The third-order valence-corrected chi connectivity index (χ3v) is 4.43. The van der Waals surface area contributed by atoms with Crippen LogP contribution in [0, 0.1) is 17.6 Å². The van der Waals surface area contributed by atoms with Gasteiger partial charge in [-0.25, -0.2) is 21.9 Å². The minimum absolute atomic E-state index is 0.378. The lowest BCUT2D eigenvalue weighted by Crippen LogP contribution is -2.39. The topological polar surface area (TPSA) is 72.5 Å². The van der Waals surface area contributed by atoms with Crippen molar-refractivity contribution in [2.24, 2.45) is 5.92 Å². The number of carbonyl (C=O) groups is 1. The maximum atomic E-state index is 13.5. The summed E-state index contributed by atoms with van der Waals surface area (Å²) in [5.74, 6) is -2.55. The fraction of sp³-hybridized carbons (Fsp3) is 0.462. The lowest BCUT2D eigenvalue weighted by molar-refractivity contribution is -0.130. The van der Waals surface area contributed by atoms with Gasteiger partial charge in [-0.3, -0.25) is 4.79 Å². The van der Waals surface area contributed by atoms with Gasteiger partial charge in [0.25, 0.3) is 15.9 Å². The number of carbonyl (C=O) groups excluding carboxylic acids is 1. The Morgan fingerprint density at radius 2 is 2.10 bits per heavy atom. The Morgan fingerprint density at radius 3 is 2.71 bits per heavy atom. The van der Waals surface area contributed by atoms with Gasteiger partial charge in [0.2, 0.25) is 0 Å². The van der Waals surface area contributed by atoms with Crippen LogP contribution >= 0.6 is 0 Å². The number of rotatable bonds is 6. The fourth-order valence-electron chi connectivity index (χ4n) is 1.59. The summed E-state index contributed by atoms with van der Waals surface area (Å²) in [6.07, 6.45) is 1.07. The molecule has 8 heteroatoms. The highest BCUT2D eigenvalue weighted by atomic mass is 32.2. The predicted octanol–water partition coefficient (Wildman–Crippen LogP) is 1.58. The van der Waals surface area contributed by atoms with Crippen molar-refractivity contribution in [3.63, 3.8) is 0 Å². The highest BCUT2D eigenvalue weighted by Crippen LogP contribution is 2.29. The molecule has 0 aromatic heterocycles. The number of ether oxygens (including phenoxy) is 1. The SMILES string of the molecule is C[C@H](OCC1CC1)C(=O)NS(=O)(=O)c1cc(F)ccc1F. The molecule has 1 atom stereocenters. The van der Waals surface area contributed by atoms with E-state index in [1.165, 1.54) is 6.92 Å². The summed E-state index contributed by atoms with van der Waals surface area (Å²) in [7, 11) is -4.48. The zero-order chi connectivity index (χ0) is 15.6. The molecule has 0 bridgehead atoms. The van der Waals surface area contributed by atoms with E-state index in [9.17, 15) is 22.0 Å². The maximum absolute atomic E-state index is 13.5. The van der Waals surface area contributed by atoms with Crippen molar-refractivity contribution in [3.05, 3.63) is 29.8 Å². The summed E-state index contributed by atoms with van der Waals surface area (Å²) in [5.41, 5.74) is 0. The van der Waals surface area contributed by atoms with Gasteiger partial charge in [-0.05, 0) is 43.9 Å². The van der Waals surface area contributed by atoms with Crippen LogP contribution in [0.4, 0.5) is 8.78 Å². The first-order valence-electron chi connectivity index (χ1n) is 6.43. The monoisotopic (exact) mass is 319 g/mol. The van der Waals surface area contributed by atoms with Gasteiger partial charge in [0, 0.05) is 0 Å². The van der Waals surface area contributed by atoms with E-state index in [0.29, 0.717) is 24.7 Å². The molecule has 1 aliphatic carbocycles. The predicted molar refractivity (Wildman–Crippen MR) is 69.8 cm³/mol. The molecule has 1 aromatic carbocycles. The summed E-state index contributed by atoms with van der Waals surface area (Å²) >= 11 is 0. The van der Waals surface area contributed by atoms with E-state index in [4.69, 9.17) is 4.74 Å². The Morgan fingerprint density at radius 1 is 1.43 bits per heavy atom. The Balaban J connectivity index is 2.05. The van der Waals surface area contributed by atoms with Crippen LogP contribution in [0.5, 0.6) is 0 Å².